The van der Waals surface area contributed by atoms with E-state index in [0.29, 0.717) is 12.0 Å². The van der Waals surface area contributed by atoms with E-state index >= 15 is 0 Å². The van der Waals surface area contributed by atoms with Gasteiger partial charge in [0.05, 0.1) is 7.11 Å². The van der Waals surface area contributed by atoms with Crippen molar-refractivity contribution in [2.24, 2.45) is 5.92 Å². The van der Waals surface area contributed by atoms with E-state index in [-0.39, 0.29) is 0 Å². The van der Waals surface area contributed by atoms with Crippen LogP contribution in [0.5, 0.6) is 5.75 Å². The summed E-state index contributed by atoms with van der Waals surface area (Å²) < 4.78 is 7.65. The van der Waals surface area contributed by atoms with E-state index in [2.05, 4.69) is 40.7 Å². The third-order valence-corrected chi connectivity index (χ3v) is 5.51. The molecule has 1 heterocycles. The maximum absolute atomic E-state index is 5.27. The SMILES string of the molecule is CCSc1nnc(-c2ccc(OC)cc2)n1[C@@H]1CCCC[C@@H]1C. The highest BCUT2D eigenvalue weighted by Crippen LogP contribution is 2.39. The lowest BCUT2D eigenvalue weighted by molar-refractivity contribution is 0.247. The molecule has 0 spiro atoms. The fourth-order valence-corrected chi connectivity index (χ4v) is 4.14. The Morgan fingerprint density at radius 1 is 1.17 bits per heavy atom. The molecule has 0 radical (unpaired) electrons. The van der Waals surface area contributed by atoms with Crippen LogP contribution < -0.4 is 4.74 Å². The van der Waals surface area contributed by atoms with Crippen LogP contribution in [-0.4, -0.2) is 27.6 Å². The van der Waals surface area contributed by atoms with Gasteiger partial charge in [0.2, 0.25) is 0 Å². The number of rotatable bonds is 5. The molecule has 0 N–H and O–H groups in total. The number of methoxy groups -OCH3 is 1. The lowest BCUT2D eigenvalue weighted by Crippen LogP contribution is -2.22. The molecule has 2 atom stereocenters. The topological polar surface area (TPSA) is 39.9 Å². The predicted molar refractivity (Wildman–Crippen MR) is 95.1 cm³/mol. The van der Waals surface area contributed by atoms with Crippen molar-refractivity contribution in [3.63, 3.8) is 0 Å². The van der Waals surface area contributed by atoms with E-state index in [1.165, 1.54) is 25.7 Å². The van der Waals surface area contributed by atoms with Crippen LogP contribution in [0.25, 0.3) is 11.4 Å². The van der Waals surface area contributed by atoms with E-state index in [1.807, 2.05) is 12.1 Å². The van der Waals surface area contributed by atoms with Crippen LogP contribution in [-0.2, 0) is 0 Å². The fourth-order valence-electron chi connectivity index (χ4n) is 3.42. The first-order valence-electron chi connectivity index (χ1n) is 8.46. The number of nitrogens with zero attached hydrogens (tertiary/aromatic N) is 3. The Kier molecular flexibility index (Phi) is 5.26. The lowest BCUT2D eigenvalue weighted by atomic mass is 9.85. The van der Waals surface area contributed by atoms with Gasteiger partial charge in [-0.1, -0.05) is 38.5 Å². The van der Waals surface area contributed by atoms with Gasteiger partial charge in [0, 0.05) is 11.6 Å². The minimum absolute atomic E-state index is 0.505. The van der Waals surface area contributed by atoms with Crippen LogP contribution in [0.3, 0.4) is 0 Å². The van der Waals surface area contributed by atoms with Gasteiger partial charge >= 0.3 is 0 Å². The van der Waals surface area contributed by atoms with Gasteiger partial charge in [-0.25, -0.2) is 0 Å². The average Bonchev–Trinajstić information content (AvgIpc) is 2.99. The van der Waals surface area contributed by atoms with Crippen LogP contribution in [0.15, 0.2) is 29.4 Å². The summed E-state index contributed by atoms with van der Waals surface area (Å²) in [6.45, 7) is 4.53. The lowest BCUT2D eigenvalue weighted by Gasteiger charge is -2.31. The van der Waals surface area contributed by atoms with Gasteiger partial charge in [-0.3, -0.25) is 4.57 Å². The first-order valence-corrected chi connectivity index (χ1v) is 9.45. The summed E-state index contributed by atoms with van der Waals surface area (Å²) in [5.41, 5.74) is 1.11. The summed E-state index contributed by atoms with van der Waals surface area (Å²) in [6.07, 6.45) is 5.15. The van der Waals surface area contributed by atoms with Crippen molar-refractivity contribution in [2.45, 2.75) is 50.7 Å². The molecule has 4 nitrogen and oxygen atoms in total. The molecule has 1 aliphatic carbocycles. The average molecular weight is 331 g/mol. The second-order valence-electron chi connectivity index (χ2n) is 6.17. The Morgan fingerprint density at radius 2 is 1.91 bits per heavy atom. The molecular formula is C18H25N3OS. The van der Waals surface area contributed by atoms with Crippen molar-refractivity contribution < 1.29 is 4.74 Å². The van der Waals surface area contributed by atoms with Crippen molar-refractivity contribution in [2.75, 3.05) is 12.9 Å². The predicted octanol–water partition coefficient (Wildman–Crippen LogP) is 4.82. The van der Waals surface area contributed by atoms with Crippen molar-refractivity contribution in [1.29, 1.82) is 0 Å². The van der Waals surface area contributed by atoms with Gasteiger partial charge in [-0.05, 0) is 48.8 Å². The molecular weight excluding hydrogens is 306 g/mol. The molecule has 1 aromatic carbocycles. The molecule has 2 aromatic rings. The molecule has 3 rings (SSSR count). The monoisotopic (exact) mass is 331 g/mol. The molecule has 1 aromatic heterocycles. The van der Waals surface area contributed by atoms with E-state index in [9.17, 15) is 0 Å². The second-order valence-corrected chi connectivity index (χ2v) is 7.40. The molecule has 5 heteroatoms. The molecule has 0 aliphatic heterocycles. The van der Waals surface area contributed by atoms with Crippen LogP contribution in [0.1, 0.15) is 45.6 Å². The van der Waals surface area contributed by atoms with Gasteiger partial charge in [0.15, 0.2) is 11.0 Å². The molecule has 0 bridgehead atoms. The molecule has 0 unspecified atom stereocenters. The zero-order valence-electron chi connectivity index (χ0n) is 14.2. The van der Waals surface area contributed by atoms with Gasteiger partial charge in [-0.2, -0.15) is 0 Å². The van der Waals surface area contributed by atoms with Gasteiger partial charge in [0.25, 0.3) is 0 Å². The van der Waals surface area contributed by atoms with E-state index in [0.717, 1.165) is 28.0 Å². The van der Waals surface area contributed by atoms with Crippen molar-refractivity contribution >= 4 is 11.8 Å². The number of hydrogen-bond acceptors (Lipinski definition) is 4. The van der Waals surface area contributed by atoms with Crippen molar-refractivity contribution in [3.05, 3.63) is 24.3 Å². The van der Waals surface area contributed by atoms with E-state index < -0.39 is 0 Å². The Morgan fingerprint density at radius 3 is 2.57 bits per heavy atom. The molecule has 124 valence electrons. The third kappa shape index (κ3) is 3.39. The summed E-state index contributed by atoms with van der Waals surface area (Å²) in [5.74, 6) is 3.55. The Bertz CT molecular complexity index is 638. The van der Waals surface area contributed by atoms with Crippen LogP contribution in [0.4, 0.5) is 0 Å². The first kappa shape index (κ1) is 16.4. The Hall–Kier alpha value is -1.49. The number of ether oxygens (including phenoxy) is 1. The quantitative estimate of drug-likeness (QED) is 0.737. The standard InChI is InChI=1S/C18H25N3OS/c1-4-23-18-20-19-17(14-9-11-15(22-3)12-10-14)21(18)16-8-6-5-7-13(16)2/h9-13,16H,4-8H2,1-3H3/t13-,16+/m0/s1. The molecule has 1 aliphatic rings. The van der Waals surface area contributed by atoms with Gasteiger partial charge < -0.3 is 4.74 Å². The summed E-state index contributed by atoms with van der Waals surface area (Å²) in [5, 5.41) is 10.1. The van der Waals surface area contributed by atoms with Crippen molar-refractivity contribution in [1.82, 2.24) is 14.8 Å². The zero-order valence-corrected chi connectivity index (χ0v) is 15.0. The highest BCUT2D eigenvalue weighted by atomic mass is 32.2. The minimum atomic E-state index is 0.505. The summed E-state index contributed by atoms with van der Waals surface area (Å²) >= 11 is 1.79. The number of benzene rings is 1. The Labute approximate surface area is 142 Å². The summed E-state index contributed by atoms with van der Waals surface area (Å²) in [4.78, 5) is 0. The highest BCUT2D eigenvalue weighted by molar-refractivity contribution is 7.99. The zero-order chi connectivity index (χ0) is 16.2. The third-order valence-electron chi connectivity index (χ3n) is 4.68. The minimum Gasteiger partial charge on any atom is -0.497 e. The smallest absolute Gasteiger partial charge is 0.191 e. The maximum atomic E-state index is 5.27. The normalized spacial score (nSPS) is 21.3. The van der Waals surface area contributed by atoms with Crippen LogP contribution >= 0.6 is 11.8 Å². The maximum Gasteiger partial charge on any atom is 0.191 e. The van der Waals surface area contributed by atoms with Crippen molar-refractivity contribution in [3.8, 4) is 17.1 Å². The largest absolute Gasteiger partial charge is 0.497 e. The van der Waals surface area contributed by atoms with Gasteiger partial charge in [-0.15, -0.1) is 10.2 Å². The molecule has 1 fully saturated rings. The number of thioether (sulfide) groups is 1. The number of hydrogen-bond donors (Lipinski definition) is 0. The van der Waals surface area contributed by atoms with Gasteiger partial charge in [0.1, 0.15) is 5.75 Å². The molecule has 1 saturated carbocycles. The van der Waals surface area contributed by atoms with Crippen LogP contribution in [0, 0.1) is 5.92 Å². The summed E-state index contributed by atoms with van der Waals surface area (Å²) in [7, 11) is 1.69. The number of aromatic nitrogens is 3. The Balaban J connectivity index is 2.01. The fraction of sp³-hybridized carbons (Fsp3) is 0.556. The first-order chi connectivity index (χ1) is 11.2. The molecule has 23 heavy (non-hydrogen) atoms. The van der Waals surface area contributed by atoms with E-state index in [1.54, 1.807) is 18.9 Å². The van der Waals surface area contributed by atoms with Crippen LogP contribution in [0.2, 0.25) is 0 Å². The second kappa shape index (κ2) is 7.39. The molecule has 0 amide bonds. The van der Waals surface area contributed by atoms with E-state index in [4.69, 9.17) is 4.74 Å². The highest BCUT2D eigenvalue weighted by Gasteiger charge is 2.28. The molecule has 0 saturated heterocycles. The summed E-state index contributed by atoms with van der Waals surface area (Å²) in [6, 6.07) is 8.64.